The summed E-state index contributed by atoms with van der Waals surface area (Å²) in [4.78, 5) is 0.114. The van der Waals surface area contributed by atoms with E-state index in [2.05, 4.69) is 30.4 Å². The molecule has 0 aliphatic carbocycles. The molecule has 0 atom stereocenters. The maximum atomic E-state index is 12.5. The highest BCUT2D eigenvalue weighted by Gasteiger charge is 2.22. The molecule has 3 N–H and O–H groups in total. The second kappa shape index (κ2) is 7.62. The van der Waals surface area contributed by atoms with Gasteiger partial charge in [0, 0.05) is 12.1 Å². The van der Waals surface area contributed by atoms with Gasteiger partial charge in [-0.25, -0.2) is 8.42 Å². The van der Waals surface area contributed by atoms with E-state index < -0.39 is 10.0 Å². The van der Waals surface area contributed by atoms with Crippen LogP contribution in [0.15, 0.2) is 41.3 Å². The molecule has 0 saturated carbocycles. The van der Waals surface area contributed by atoms with Crippen LogP contribution < -0.4 is 14.8 Å². The number of para-hydroxylation sites is 1. The first-order valence-corrected chi connectivity index (χ1v) is 9.63. The van der Waals surface area contributed by atoms with Gasteiger partial charge in [-0.15, -0.1) is 10.2 Å². The first-order chi connectivity index (χ1) is 12.9. The van der Waals surface area contributed by atoms with E-state index in [9.17, 15) is 8.42 Å². The molecule has 1 aromatic carbocycles. The van der Waals surface area contributed by atoms with Crippen molar-refractivity contribution < 1.29 is 13.2 Å². The van der Waals surface area contributed by atoms with Crippen molar-refractivity contribution in [3.63, 3.8) is 0 Å². The highest BCUT2D eigenvalue weighted by Crippen LogP contribution is 2.21. The Morgan fingerprint density at radius 3 is 2.41 bits per heavy atom. The van der Waals surface area contributed by atoms with Gasteiger partial charge < -0.3 is 10.1 Å². The van der Waals surface area contributed by atoms with Crippen LogP contribution in [-0.2, 0) is 16.6 Å². The first kappa shape index (κ1) is 18.6. The van der Waals surface area contributed by atoms with Crippen molar-refractivity contribution in [3.8, 4) is 5.75 Å². The second-order valence-electron chi connectivity index (χ2n) is 5.84. The Kier molecular flexibility index (Phi) is 5.26. The average molecular weight is 388 g/mol. The van der Waals surface area contributed by atoms with Gasteiger partial charge in [-0.2, -0.15) is 5.10 Å². The summed E-state index contributed by atoms with van der Waals surface area (Å²) < 4.78 is 32.7. The number of rotatable bonds is 7. The summed E-state index contributed by atoms with van der Waals surface area (Å²) in [6.45, 7) is 3.76. The standard InChI is InChI=1S/C17H20N6O3S/c1-11-17(12(2)20-19-11)27(24,25)23-16-9-8-15(21-22-16)18-10-13-6-4-5-7-14(13)26-3/h4-9H,10H2,1-3H3,(H,18,21)(H,19,20)(H,22,23). The fourth-order valence-corrected chi connectivity index (χ4v) is 4.01. The smallest absolute Gasteiger partial charge is 0.266 e. The van der Waals surface area contributed by atoms with E-state index in [1.807, 2.05) is 24.3 Å². The van der Waals surface area contributed by atoms with E-state index in [1.165, 1.54) is 0 Å². The van der Waals surface area contributed by atoms with Gasteiger partial charge in [-0.3, -0.25) is 9.82 Å². The second-order valence-corrected chi connectivity index (χ2v) is 7.46. The van der Waals surface area contributed by atoms with Crippen molar-refractivity contribution in [1.82, 2.24) is 20.4 Å². The fraction of sp³-hybridized carbons (Fsp3) is 0.235. The van der Waals surface area contributed by atoms with Gasteiger partial charge in [0.1, 0.15) is 16.5 Å². The number of aromatic nitrogens is 4. The predicted octanol–water partition coefficient (Wildman–Crippen LogP) is 2.24. The molecule has 0 bridgehead atoms. The van der Waals surface area contributed by atoms with E-state index in [-0.39, 0.29) is 10.7 Å². The van der Waals surface area contributed by atoms with Gasteiger partial charge in [0.15, 0.2) is 5.82 Å². The molecule has 2 heterocycles. The Balaban J connectivity index is 1.69. The molecule has 3 aromatic rings. The van der Waals surface area contributed by atoms with Crippen LogP contribution >= 0.6 is 0 Å². The molecule has 9 nitrogen and oxygen atoms in total. The van der Waals surface area contributed by atoms with Gasteiger partial charge in [-0.1, -0.05) is 18.2 Å². The SMILES string of the molecule is COc1ccccc1CNc1ccc(NS(=O)(=O)c2c(C)n[nH]c2C)nn1. The molecule has 0 spiro atoms. The maximum Gasteiger partial charge on any atom is 0.266 e. The van der Waals surface area contributed by atoms with Crippen LogP contribution in [0.25, 0.3) is 0 Å². The highest BCUT2D eigenvalue weighted by atomic mass is 32.2. The lowest BCUT2D eigenvalue weighted by Crippen LogP contribution is -2.16. The van der Waals surface area contributed by atoms with Crippen LogP contribution in [0.3, 0.4) is 0 Å². The van der Waals surface area contributed by atoms with Gasteiger partial charge in [-0.05, 0) is 32.0 Å². The minimum Gasteiger partial charge on any atom is -0.496 e. The molecule has 0 aliphatic rings. The summed E-state index contributed by atoms with van der Waals surface area (Å²) in [6.07, 6.45) is 0. The summed E-state index contributed by atoms with van der Waals surface area (Å²) in [7, 11) is -2.18. The first-order valence-electron chi connectivity index (χ1n) is 8.14. The van der Waals surface area contributed by atoms with Gasteiger partial charge in [0.05, 0.1) is 18.5 Å². The van der Waals surface area contributed by atoms with Crippen molar-refractivity contribution >= 4 is 21.7 Å². The molecule has 0 fully saturated rings. The van der Waals surface area contributed by atoms with Crippen LogP contribution in [0.2, 0.25) is 0 Å². The summed E-state index contributed by atoms with van der Waals surface area (Å²) >= 11 is 0. The molecule has 0 radical (unpaired) electrons. The molecular formula is C17H20N6O3S. The van der Waals surface area contributed by atoms with Crippen molar-refractivity contribution in [3.05, 3.63) is 53.3 Å². The maximum absolute atomic E-state index is 12.5. The van der Waals surface area contributed by atoms with Gasteiger partial charge >= 0.3 is 0 Å². The third-order valence-corrected chi connectivity index (χ3v) is 5.50. The number of sulfonamides is 1. The van der Waals surface area contributed by atoms with E-state index in [1.54, 1.807) is 33.1 Å². The van der Waals surface area contributed by atoms with Gasteiger partial charge in [0.2, 0.25) is 0 Å². The number of hydrogen-bond donors (Lipinski definition) is 3. The zero-order chi connectivity index (χ0) is 19.4. The number of ether oxygens (including phenoxy) is 1. The summed E-state index contributed by atoms with van der Waals surface area (Å²) in [5.41, 5.74) is 1.82. The highest BCUT2D eigenvalue weighted by molar-refractivity contribution is 7.92. The molecular weight excluding hydrogens is 368 g/mol. The minimum absolute atomic E-state index is 0.114. The Hall–Kier alpha value is -3.14. The van der Waals surface area contributed by atoms with Crippen LogP contribution in [0.4, 0.5) is 11.6 Å². The third-order valence-electron chi connectivity index (χ3n) is 3.89. The number of nitrogens with one attached hydrogen (secondary N) is 3. The topological polar surface area (TPSA) is 122 Å². The summed E-state index contributed by atoms with van der Waals surface area (Å²) in [5, 5.41) is 17.6. The van der Waals surface area contributed by atoms with Crippen LogP contribution in [-0.4, -0.2) is 35.9 Å². The number of hydrogen-bond acceptors (Lipinski definition) is 7. The number of H-pyrrole nitrogens is 1. The van der Waals surface area contributed by atoms with Crippen molar-refractivity contribution in [2.24, 2.45) is 0 Å². The lowest BCUT2D eigenvalue weighted by atomic mass is 10.2. The summed E-state index contributed by atoms with van der Waals surface area (Å²) in [5.74, 6) is 1.41. The minimum atomic E-state index is -3.79. The number of benzene rings is 1. The van der Waals surface area contributed by atoms with Crippen molar-refractivity contribution in [2.75, 3.05) is 17.1 Å². The van der Waals surface area contributed by atoms with E-state index in [0.717, 1.165) is 11.3 Å². The molecule has 27 heavy (non-hydrogen) atoms. The molecule has 2 aromatic heterocycles. The number of anilines is 2. The molecule has 0 aliphatic heterocycles. The zero-order valence-electron chi connectivity index (χ0n) is 15.1. The number of aromatic amines is 1. The molecule has 142 valence electrons. The summed E-state index contributed by atoms with van der Waals surface area (Å²) in [6, 6.07) is 10.8. The van der Waals surface area contributed by atoms with E-state index >= 15 is 0 Å². The Morgan fingerprint density at radius 2 is 1.78 bits per heavy atom. The molecule has 3 rings (SSSR count). The van der Waals surface area contributed by atoms with Gasteiger partial charge in [0.25, 0.3) is 10.0 Å². The molecule has 0 unspecified atom stereocenters. The molecule has 10 heteroatoms. The van der Waals surface area contributed by atoms with Crippen molar-refractivity contribution in [2.45, 2.75) is 25.3 Å². The zero-order valence-corrected chi connectivity index (χ0v) is 16.0. The molecule has 0 amide bonds. The van der Waals surface area contributed by atoms with Crippen molar-refractivity contribution in [1.29, 1.82) is 0 Å². The predicted molar refractivity (Wildman–Crippen MR) is 101 cm³/mol. The number of aryl methyl sites for hydroxylation is 2. The largest absolute Gasteiger partial charge is 0.496 e. The quantitative estimate of drug-likeness (QED) is 0.567. The fourth-order valence-electron chi connectivity index (χ4n) is 2.64. The van der Waals surface area contributed by atoms with Crippen LogP contribution in [0, 0.1) is 13.8 Å². The normalized spacial score (nSPS) is 11.2. The molecule has 0 saturated heterocycles. The Morgan fingerprint density at radius 1 is 1.07 bits per heavy atom. The lowest BCUT2D eigenvalue weighted by molar-refractivity contribution is 0.410. The lowest BCUT2D eigenvalue weighted by Gasteiger charge is -2.10. The Labute approximate surface area is 157 Å². The third kappa shape index (κ3) is 4.17. The number of nitrogens with zero attached hydrogens (tertiary/aromatic N) is 3. The van der Waals surface area contributed by atoms with E-state index in [0.29, 0.717) is 23.8 Å². The van der Waals surface area contributed by atoms with E-state index in [4.69, 9.17) is 4.74 Å². The average Bonchev–Trinajstić information content (AvgIpc) is 3.00. The van der Waals surface area contributed by atoms with Crippen LogP contribution in [0.5, 0.6) is 5.75 Å². The number of methoxy groups -OCH3 is 1. The monoisotopic (exact) mass is 388 g/mol. The van der Waals surface area contributed by atoms with Crippen LogP contribution in [0.1, 0.15) is 17.0 Å². The Bertz CT molecular complexity index is 1010.